The molecule has 0 unspecified atom stereocenters. The average Bonchev–Trinajstić information content (AvgIpc) is 3.41. The number of carbonyl (C=O) groups excluding carboxylic acids is 2. The maximum absolute atomic E-state index is 14.5. The standard InChI is InChI=1S/C29H30O11/c1-16(30)40-22-13-23(33-2)27(37-14-17-9-7-6-8-10-17)28(34-3)25(22)26(32)24(29(35-4)36-5)18-11-20-21(12-19(18)31)39-15-38-20/h6-13,24,29,31H,14-15H2,1-5H3/t24-/m1/s1. The molecule has 0 fully saturated rings. The van der Waals surface area contributed by atoms with Crippen molar-refractivity contribution in [3.8, 4) is 40.2 Å². The van der Waals surface area contributed by atoms with Gasteiger partial charge < -0.3 is 43.0 Å². The molecule has 3 aromatic rings. The van der Waals surface area contributed by atoms with Crippen LogP contribution in [0.5, 0.6) is 40.2 Å². The van der Waals surface area contributed by atoms with Crippen molar-refractivity contribution < 1.29 is 52.6 Å². The molecule has 0 saturated carbocycles. The number of esters is 1. The molecule has 3 aromatic carbocycles. The van der Waals surface area contributed by atoms with Gasteiger partial charge in [0.05, 0.1) is 14.2 Å². The summed E-state index contributed by atoms with van der Waals surface area (Å²) in [5.41, 5.74) is 0.828. The Bertz CT molecular complexity index is 1370. The van der Waals surface area contributed by atoms with Gasteiger partial charge in [0.15, 0.2) is 35.1 Å². The predicted octanol–water partition coefficient (Wildman–Crippen LogP) is 4.23. The molecule has 0 aromatic heterocycles. The van der Waals surface area contributed by atoms with E-state index < -0.39 is 24.0 Å². The van der Waals surface area contributed by atoms with Gasteiger partial charge >= 0.3 is 5.97 Å². The second-order valence-electron chi connectivity index (χ2n) is 8.63. The molecule has 1 aliphatic rings. The van der Waals surface area contributed by atoms with Gasteiger partial charge in [-0.15, -0.1) is 0 Å². The van der Waals surface area contributed by atoms with Crippen LogP contribution in [0.15, 0.2) is 48.5 Å². The van der Waals surface area contributed by atoms with E-state index in [1.807, 2.05) is 30.3 Å². The molecule has 11 heteroatoms. The molecule has 1 atom stereocenters. The van der Waals surface area contributed by atoms with Crippen molar-refractivity contribution in [3.05, 3.63) is 65.2 Å². The van der Waals surface area contributed by atoms with Crippen molar-refractivity contribution in [2.75, 3.05) is 35.2 Å². The molecule has 11 nitrogen and oxygen atoms in total. The molecule has 0 amide bonds. The molecule has 40 heavy (non-hydrogen) atoms. The maximum Gasteiger partial charge on any atom is 0.308 e. The lowest BCUT2D eigenvalue weighted by Crippen LogP contribution is -2.30. The van der Waals surface area contributed by atoms with Crippen LogP contribution in [0.25, 0.3) is 0 Å². The highest BCUT2D eigenvalue weighted by Crippen LogP contribution is 2.49. The van der Waals surface area contributed by atoms with Crippen LogP contribution in [-0.4, -0.2) is 58.4 Å². The van der Waals surface area contributed by atoms with Crippen LogP contribution in [0.4, 0.5) is 0 Å². The summed E-state index contributed by atoms with van der Waals surface area (Å²) in [4.78, 5) is 26.5. The normalized spacial score (nSPS) is 12.7. The molecule has 0 spiro atoms. The summed E-state index contributed by atoms with van der Waals surface area (Å²) in [5.74, 6) is -2.17. The van der Waals surface area contributed by atoms with Crippen molar-refractivity contribution in [2.45, 2.75) is 25.7 Å². The number of carbonyl (C=O) groups is 2. The number of hydrogen-bond acceptors (Lipinski definition) is 11. The zero-order chi connectivity index (χ0) is 28.8. The second kappa shape index (κ2) is 12.6. The number of phenols is 1. The summed E-state index contributed by atoms with van der Waals surface area (Å²) >= 11 is 0. The number of fused-ring (bicyclic) bond motifs is 1. The lowest BCUT2D eigenvalue weighted by atomic mass is 9.87. The average molecular weight is 555 g/mol. The van der Waals surface area contributed by atoms with Gasteiger partial charge in [0.25, 0.3) is 0 Å². The van der Waals surface area contributed by atoms with Crippen molar-refractivity contribution in [1.82, 2.24) is 0 Å². The third-order valence-electron chi connectivity index (χ3n) is 6.19. The van der Waals surface area contributed by atoms with Gasteiger partial charge in [-0.05, 0) is 11.6 Å². The van der Waals surface area contributed by atoms with Crippen LogP contribution in [0.3, 0.4) is 0 Å². The molecule has 212 valence electrons. The summed E-state index contributed by atoms with van der Waals surface area (Å²) in [6.45, 7) is 1.28. The third kappa shape index (κ3) is 5.75. The van der Waals surface area contributed by atoms with Crippen LogP contribution >= 0.6 is 0 Å². The lowest BCUT2D eigenvalue weighted by Gasteiger charge is -2.27. The summed E-state index contributed by atoms with van der Waals surface area (Å²) in [6.07, 6.45) is -1.18. The first-order valence-electron chi connectivity index (χ1n) is 12.2. The van der Waals surface area contributed by atoms with E-state index in [1.54, 1.807) is 0 Å². The Balaban J connectivity index is 1.91. The first-order valence-corrected chi connectivity index (χ1v) is 12.2. The molecule has 0 aliphatic carbocycles. The number of hydrogen-bond donors (Lipinski definition) is 1. The molecule has 1 aliphatic heterocycles. The van der Waals surface area contributed by atoms with Gasteiger partial charge in [-0.25, -0.2) is 0 Å². The molecule has 1 N–H and O–H groups in total. The van der Waals surface area contributed by atoms with Crippen molar-refractivity contribution in [1.29, 1.82) is 0 Å². The van der Waals surface area contributed by atoms with Crippen LogP contribution in [-0.2, 0) is 20.9 Å². The smallest absolute Gasteiger partial charge is 0.308 e. The van der Waals surface area contributed by atoms with Gasteiger partial charge in [-0.1, -0.05) is 30.3 Å². The Kier molecular flexibility index (Phi) is 8.97. The Morgan fingerprint density at radius 2 is 1.57 bits per heavy atom. The summed E-state index contributed by atoms with van der Waals surface area (Å²) in [5, 5.41) is 10.9. The quantitative estimate of drug-likeness (QED) is 0.149. The summed E-state index contributed by atoms with van der Waals surface area (Å²) in [6, 6.07) is 13.5. The maximum atomic E-state index is 14.5. The van der Waals surface area contributed by atoms with E-state index in [9.17, 15) is 14.7 Å². The fraction of sp³-hybridized carbons (Fsp3) is 0.310. The monoisotopic (exact) mass is 554 g/mol. The number of phenolic OH excluding ortho intramolecular Hbond substituents is 1. The summed E-state index contributed by atoms with van der Waals surface area (Å²) in [7, 11) is 5.45. The Labute approximate surface area is 231 Å². The van der Waals surface area contributed by atoms with Crippen molar-refractivity contribution >= 4 is 11.8 Å². The molecule has 1 heterocycles. The van der Waals surface area contributed by atoms with E-state index in [4.69, 9.17) is 37.9 Å². The first kappa shape index (κ1) is 28.5. The van der Waals surface area contributed by atoms with Crippen molar-refractivity contribution in [2.24, 2.45) is 0 Å². The topological polar surface area (TPSA) is 128 Å². The van der Waals surface area contributed by atoms with Gasteiger partial charge in [-0.2, -0.15) is 0 Å². The highest BCUT2D eigenvalue weighted by Gasteiger charge is 2.39. The molecular formula is C29H30O11. The van der Waals surface area contributed by atoms with Crippen LogP contribution < -0.4 is 28.4 Å². The Morgan fingerprint density at radius 1 is 0.900 bits per heavy atom. The predicted molar refractivity (Wildman–Crippen MR) is 141 cm³/mol. The zero-order valence-electron chi connectivity index (χ0n) is 22.7. The molecule has 0 radical (unpaired) electrons. The molecule has 0 bridgehead atoms. The van der Waals surface area contributed by atoms with Crippen LogP contribution in [0.1, 0.15) is 34.3 Å². The Hall–Kier alpha value is -4.48. The van der Waals surface area contributed by atoms with E-state index in [0.29, 0.717) is 11.5 Å². The lowest BCUT2D eigenvalue weighted by molar-refractivity contribution is -0.131. The number of ketones is 1. The van der Waals surface area contributed by atoms with Gasteiger partial charge in [0, 0.05) is 38.8 Å². The number of benzene rings is 3. The second-order valence-corrected chi connectivity index (χ2v) is 8.63. The highest BCUT2D eigenvalue weighted by molar-refractivity contribution is 6.07. The highest BCUT2D eigenvalue weighted by atomic mass is 16.7. The zero-order valence-corrected chi connectivity index (χ0v) is 22.7. The first-order chi connectivity index (χ1) is 19.3. The number of ether oxygens (including phenoxy) is 8. The minimum Gasteiger partial charge on any atom is -0.507 e. The van der Waals surface area contributed by atoms with E-state index in [0.717, 1.165) is 5.56 Å². The van der Waals surface area contributed by atoms with Gasteiger partial charge in [0.1, 0.15) is 29.6 Å². The summed E-state index contributed by atoms with van der Waals surface area (Å²) < 4.78 is 44.5. The fourth-order valence-electron chi connectivity index (χ4n) is 4.41. The fourth-order valence-corrected chi connectivity index (χ4v) is 4.41. The minimum atomic E-state index is -1.27. The van der Waals surface area contributed by atoms with E-state index in [-0.39, 0.29) is 53.3 Å². The van der Waals surface area contributed by atoms with Gasteiger partial charge in [-0.3, -0.25) is 9.59 Å². The molecular weight excluding hydrogens is 524 g/mol. The third-order valence-corrected chi connectivity index (χ3v) is 6.19. The minimum absolute atomic E-state index is 0.0418. The number of aromatic hydroxyl groups is 1. The largest absolute Gasteiger partial charge is 0.507 e. The molecule has 4 rings (SSSR count). The van der Waals surface area contributed by atoms with E-state index in [1.165, 1.54) is 53.6 Å². The number of methoxy groups -OCH3 is 4. The number of rotatable bonds is 12. The van der Waals surface area contributed by atoms with Gasteiger partial charge in [0.2, 0.25) is 12.5 Å². The SMILES string of the molecule is COc1cc(OC(C)=O)c(C(=O)[C@@H](c2cc3c(cc2O)OCO3)C(OC)OC)c(OC)c1OCc1ccccc1. The molecule has 0 saturated heterocycles. The van der Waals surface area contributed by atoms with Crippen molar-refractivity contribution in [3.63, 3.8) is 0 Å². The Morgan fingerprint density at radius 3 is 2.17 bits per heavy atom. The van der Waals surface area contributed by atoms with Crippen LogP contribution in [0.2, 0.25) is 0 Å². The van der Waals surface area contributed by atoms with E-state index in [2.05, 4.69) is 0 Å². The van der Waals surface area contributed by atoms with E-state index >= 15 is 0 Å². The number of Topliss-reactive ketones (excluding diaryl/α,β-unsaturated/α-hetero) is 1. The van der Waals surface area contributed by atoms with Crippen LogP contribution in [0, 0.1) is 0 Å².